The molecule has 3 aromatic rings. The average Bonchev–Trinajstić information content (AvgIpc) is 2.77. The van der Waals surface area contributed by atoms with Crippen molar-refractivity contribution in [3.05, 3.63) is 88.9 Å². The molecule has 1 atom stereocenters. The maximum absolute atomic E-state index is 12.8. The molecule has 0 saturated carbocycles. The molecule has 0 spiro atoms. The van der Waals surface area contributed by atoms with Gasteiger partial charge in [-0.1, -0.05) is 54.1 Å². The van der Waals surface area contributed by atoms with Gasteiger partial charge in [0.1, 0.15) is 25.1 Å². The molecule has 1 amide bonds. The van der Waals surface area contributed by atoms with Gasteiger partial charge in [-0.2, -0.15) is 0 Å². The fourth-order valence-electron chi connectivity index (χ4n) is 3.01. The van der Waals surface area contributed by atoms with Crippen LogP contribution in [0.5, 0.6) is 17.2 Å². The van der Waals surface area contributed by atoms with E-state index < -0.39 is 0 Å². The number of hydrogen-bond acceptors (Lipinski definition) is 4. The van der Waals surface area contributed by atoms with Gasteiger partial charge < -0.3 is 19.5 Å². The lowest BCUT2D eigenvalue weighted by Crippen LogP contribution is -2.40. The van der Waals surface area contributed by atoms with Crippen LogP contribution >= 0.6 is 11.6 Å². The van der Waals surface area contributed by atoms with E-state index >= 15 is 0 Å². The third-order valence-corrected chi connectivity index (χ3v) is 4.72. The van der Waals surface area contributed by atoms with Crippen molar-refractivity contribution in [2.24, 2.45) is 0 Å². The highest BCUT2D eigenvalue weighted by Gasteiger charge is 2.22. The molecule has 1 heterocycles. The molecule has 1 N–H and O–H groups in total. The highest BCUT2D eigenvalue weighted by molar-refractivity contribution is 6.31. The lowest BCUT2D eigenvalue weighted by molar-refractivity contribution is 0.0787. The van der Waals surface area contributed by atoms with Crippen molar-refractivity contribution in [3.63, 3.8) is 0 Å². The maximum Gasteiger partial charge on any atom is 0.255 e. The molecule has 0 unspecified atom stereocenters. The summed E-state index contributed by atoms with van der Waals surface area (Å²) in [6.07, 6.45) is -0.276. The molecule has 5 nitrogen and oxygen atoms in total. The van der Waals surface area contributed by atoms with Crippen molar-refractivity contribution in [3.8, 4) is 17.2 Å². The third kappa shape index (κ3) is 4.81. The minimum atomic E-state index is -0.280. The minimum Gasteiger partial charge on any atom is -0.488 e. The van der Waals surface area contributed by atoms with Gasteiger partial charge in [-0.3, -0.25) is 4.79 Å². The van der Waals surface area contributed by atoms with E-state index in [0.29, 0.717) is 47.6 Å². The van der Waals surface area contributed by atoms with E-state index in [9.17, 15) is 4.79 Å². The second-order valence-electron chi connectivity index (χ2n) is 6.62. The number of carbonyl (C=O) groups excluding carboxylic acids is 1. The number of nitrogens with one attached hydrogen (secondary N) is 1. The highest BCUT2D eigenvalue weighted by Crippen LogP contribution is 2.30. The molecule has 0 aliphatic carbocycles. The van der Waals surface area contributed by atoms with Gasteiger partial charge in [-0.05, 0) is 35.9 Å². The highest BCUT2D eigenvalue weighted by atomic mass is 35.5. The van der Waals surface area contributed by atoms with Gasteiger partial charge in [0, 0.05) is 5.02 Å². The van der Waals surface area contributed by atoms with Crippen LogP contribution in [-0.4, -0.2) is 25.2 Å². The van der Waals surface area contributed by atoms with Crippen LogP contribution in [0.2, 0.25) is 5.02 Å². The molecule has 4 rings (SSSR count). The number of amides is 1. The summed E-state index contributed by atoms with van der Waals surface area (Å²) in [5.74, 6) is 1.58. The zero-order chi connectivity index (χ0) is 20.1. The van der Waals surface area contributed by atoms with E-state index in [-0.39, 0.29) is 12.0 Å². The Labute approximate surface area is 174 Å². The number of para-hydroxylation sites is 2. The number of hydrogen-bond donors (Lipinski definition) is 1. The van der Waals surface area contributed by atoms with Gasteiger partial charge >= 0.3 is 0 Å². The first-order valence-electron chi connectivity index (χ1n) is 9.32. The van der Waals surface area contributed by atoms with Crippen molar-refractivity contribution in [2.75, 3.05) is 13.2 Å². The summed E-state index contributed by atoms with van der Waals surface area (Å²) in [5.41, 5.74) is 1.39. The number of carbonyl (C=O) groups is 1. The molecular formula is C23H20ClNO4. The normalized spacial score (nSPS) is 14.9. The molecule has 0 fully saturated rings. The topological polar surface area (TPSA) is 56.8 Å². The Hall–Kier alpha value is -3.18. The molecule has 1 aliphatic rings. The van der Waals surface area contributed by atoms with Gasteiger partial charge in [0.2, 0.25) is 0 Å². The quantitative estimate of drug-likeness (QED) is 0.651. The number of benzene rings is 3. The summed E-state index contributed by atoms with van der Waals surface area (Å²) in [5, 5.41) is 3.35. The van der Waals surface area contributed by atoms with Crippen LogP contribution in [0.3, 0.4) is 0 Å². The minimum absolute atomic E-state index is 0.276. The summed E-state index contributed by atoms with van der Waals surface area (Å²) in [6.45, 7) is 1.03. The van der Waals surface area contributed by atoms with Crippen LogP contribution in [0, 0.1) is 0 Å². The Bertz CT molecular complexity index is 993. The van der Waals surface area contributed by atoms with E-state index in [1.54, 1.807) is 18.2 Å². The van der Waals surface area contributed by atoms with Gasteiger partial charge in [-0.15, -0.1) is 0 Å². The monoisotopic (exact) mass is 409 g/mol. The second kappa shape index (κ2) is 8.88. The van der Waals surface area contributed by atoms with Crippen molar-refractivity contribution < 1.29 is 19.0 Å². The standard InChI is InChI=1S/C23H20ClNO4/c24-17-10-11-20(27-14-16-6-2-1-3-7-16)19(12-17)23(26)25-13-18-15-28-21-8-4-5-9-22(21)29-18/h1-12,18H,13-15H2,(H,25,26)/t18-/m1/s1. The van der Waals surface area contributed by atoms with Gasteiger partial charge in [0.25, 0.3) is 5.91 Å². The summed E-state index contributed by atoms with van der Waals surface area (Å²) in [6, 6.07) is 22.2. The fraction of sp³-hybridized carbons (Fsp3) is 0.174. The van der Waals surface area contributed by atoms with Crippen molar-refractivity contribution in [1.29, 1.82) is 0 Å². The van der Waals surface area contributed by atoms with E-state index in [0.717, 1.165) is 5.56 Å². The first kappa shape index (κ1) is 19.2. The molecular weight excluding hydrogens is 390 g/mol. The number of rotatable bonds is 6. The lowest BCUT2D eigenvalue weighted by atomic mass is 10.1. The van der Waals surface area contributed by atoms with Crippen molar-refractivity contribution >= 4 is 17.5 Å². The molecule has 0 radical (unpaired) electrons. The molecule has 0 bridgehead atoms. The molecule has 148 valence electrons. The zero-order valence-electron chi connectivity index (χ0n) is 15.6. The predicted molar refractivity (Wildman–Crippen MR) is 111 cm³/mol. The van der Waals surface area contributed by atoms with Gasteiger partial charge in [-0.25, -0.2) is 0 Å². The summed E-state index contributed by atoms with van der Waals surface area (Å²) in [4.78, 5) is 12.8. The maximum atomic E-state index is 12.8. The van der Waals surface area contributed by atoms with Crippen LogP contribution in [0.15, 0.2) is 72.8 Å². The lowest BCUT2D eigenvalue weighted by Gasteiger charge is -2.26. The number of ether oxygens (including phenoxy) is 3. The van der Waals surface area contributed by atoms with E-state index in [4.69, 9.17) is 25.8 Å². The fourth-order valence-corrected chi connectivity index (χ4v) is 3.18. The molecule has 29 heavy (non-hydrogen) atoms. The third-order valence-electron chi connectivity index (χ3n) is 4.48. The largest absolute Gasteiger partial charge is 0.488 e. The van der Waals surface area contributed by atoms with Crippen LogP contribution in [0.25, 0.3) is 0 Å². The smallest absolute Gasteiger partial charge is 0.255 e. The van der Waals surface area contributed by atoms with Crippen LogP contribution in [0.1, 0.15) is 15.9 Å². The van der Waals surface area contributed by atoms with E-state index in [2.05, 4.69) is 5.32 Å². The summed E-state index contributed by atoms with van der Waals surface area (Å²) >= 11 is 6.10. The van der Waals surface area contributed by atoms with Crippen LogP contribution < -0.4 is 19.5 Å². The van der Waals surface area contributed by atoms with Crippen LogP contribution in [-0.2, 0) is 6.61 Å². The molecule has 3 aromatic carbocycles. The Morgan fingerprint density at radius 2 is 1.79 bits per heavy atom. The van der Waals surface area contributed by atoms with E-state index in [1.807, 2.05) is 54.6 Å². The first-order chi connectivity index (χ1) is 14.2. The van der Waals surface area contributed by atoms with Gasteiger partial charge in [0.15, 0.2) is 11.5 Å². The molecule has 1 aliphatic heterocycles. The van der Waals surface area contributed by atoms with Gasteiger partial charge in [0.05, 0.1) is 12.1 Å². The Morgan fingerprint density at radius 3 is 2.62 bits per heavy atom. The van der Waals surface area contributed by atoms with Crippen molar-refractivity contribution in [1.82, 2.24) is 5.32 Å². The predicted octanol–water partition coefficient (Wildman–Crippen LogP) is 4.49. The SMILES string of the molecule is O=C(NC[C@@H]1COc2ccccc2O1)c1cc(Cl)ccc1OCc1ccccc1. The van der Waals surface area contributed by atoms with E-state index in [1.165, 1.54) is 0 Å². The Morgan fingerprint density at radius 1 is 1.03 bits per heavy atom. The average molecular weight is 410 g/mol. The molecule has 0 saturated heterocycles. The van der Waals surface area contributed by atoms with Crippen LogP contribution in [0.4, 0.5) is 0 Å². The number of fused-ring (bicyclic) bond motifs is 1. The summed E-state index contributed by atoms with van der Waals surface area (Å²) < 4.78 is 17.4. The molecule has 6 heteroatoms. The first-order valence-corrected chi connectivity index (χ1v) is 9.70. The number of halogens is 1. The second-order valence-corrected chi connectivity index (χ2v) is 7.06. The van der Waals surface area contributed by atoms with Crippen molar-refractivity contribution in [2.45, 2.75) is 12.7 Å². The molecule has 0 aromatic heterocycles. The zero-order valence-corrected chi connectivity index (χ0v) is 16.4. The summed E-state index contributed by atoms with van der Waals surface area (Å²) in [7, 11) is 0. The Kier molecular flexibility index (Phi) is 5.86. The Balaban J connectivity index is 1.40.